The summed E-state index contributed by atoms with van der Waals surface area (Å²) in [5, 5.41) is 7.81. The molecular weight excluding hydrogens is 463 g/mol. The minimum Gasteiger partial charge on any atom is -0.325 e. The molecule has 1 unspecified atom stereocenters. The number of thioether (sulfide) groups is 1. The first-order valence-corrected chi connectivity index (χ1v) is 12.3. The molecule has 3 amide bonds. The highest BCUT2D eigenvalue weighted by atomic mass is 32.2. The van der Waals surface area contributed by atoms with E-state index in [1.165, 1.54) is 47.4 Å². The number of anilines is 3. The third-order valence-electron chi connectivity index (χ3n) is 4.96. The predicted octanol–water partition coefficient (Wildman–Crippen LogP) is 4.15. The molecule has 0 aliphatic carbocycles. The zero-order chi connectivity index (χ0) is 23.2. The van der Waals surface area contributed by atoms with E-state index in [-0.39, 0.29) is 35.7 Å². The van der Waals surface area contributed by atoms with Crippen LogP contribution in [0.3, 0.4) is 0 Å². The second-order valence-electron chi connectivity index (χ2n) is 7.42. The van der Waals surface area contributed by atoms with E-state index in [1.54, 1.807) is 4.90 Å². The molecule has 0 radical (unpaired) electrons. The van der Waals surface area contributed by atoms with Crippen LogP contribution in [0.5, 0.6) is 0 Å². The predicted molar refractivity (Wildman–Crippen MR) is 129 cm³/mol. The van der Waals surface area contributed by atoms with Crippen molar-refractivity contribution in [3.8, 4) is 0 Å². The maximum Gasteiger partial charge on any atom is 0.234 e. The number of para-hydroxylation sites is 1. The Morgan fingerprint density at radius 1 is 1.12 bits per heavy atom. The maximum absolute atomic E-state index is 12.9. The Kier molecular flexibility index (Phi) is 7.36. The Morgan fingerprint density at radius 3 is 2.64 bits per heavy atom. The van der Waals surface area contributed by atoms with Crippen LogP contribution < -0.4 is 15.5 Å². The van der Waals surface area contributed by atoms with Crippen molar-refractivity contribution in [2.45, 2.75) is 12.2 Å². The smallest absolute Gasteiger partial charge is 0.234 e. The minimum atomic E-state index is -0.436. The highest BCUT2D eigenvalue weighted by Gasteiger charge is 2.35. The van der Waals surface area contributed by atoms with Crippen LogP contribution in [0.2, 0.25) is 0 Å². The SMILES string of the molecule is O=C(CSCc1csc(NC(=O)C2CC(=O)N(c3ccccc3)C2)n1)Nc1ccc(F)cc1. The maximum atomic E-state index is 12.9. The summed E-state index contributed by atoms with van der Waals surface area (Å²) in [4.78, 5) is 43.0. The lowest BCUT2D eigenvalue weighted by molar-refractivity contribution is -0.122. The quantitative estimate of drug-likeness (QED) is 0.501. The summed E-state index contributed by atoms with van der Waals surface area (Å²) in [6.45, 7) is 0.339. The summed E-state index contributed by atoms with van der Waals surface area (Å²) in [6, 6.07) is 14.9. The zero-order valence-corrected chi connectivity index (χ0v) is 19.1. The molecule has 0 spiro atoms. The first-order valence-electron chi connectivity index (χ1n) is 10.2. The van der Waals surface area contributed by atoms with Crippen LogP contribution in [0.15, 0.2) is 60.0 Å². The molecule has 1 aromatic heterocycles. The molecule has 33 heavy (non-hydrogen) atoms. The number of nitrogens with one attached hydrogen (secondary N) is 2. The number of benzene rings is 2. The van der Waals surface area contributed by atoms with E-state index >= 15 is 0 Å². The van der Waals surface area contributed by atoms with Gasteiger partial charge in [0, 0.05) is 35.5 Å². The van der Waals surface area contributed by atoms with Crippen molar-refractivity contribution in [2.24, 2.45) is 5.92 Å². The molecule has 0 bridgehead atoms. The van der Waals surface area contributed by atoms with Gasteiger partial charge in [0.25, 0.3) is 0 Å². The molecule has 2 N–H and O–H groups in total. The number of halogens is 1. The molecule has 10 heteroatoms. The van der Waals surface area contributed by atoms with Gasteiger partial charge < -0.3 is 15.5 Å². The second kappa shape index (κ2) is 10.6. The van der Waals surface area contributed by atoms with Gasteiger partial charge in [-0.2, -0.15) is 0 Å². The molecule has 2 aromatic carbocycles. The van der Waals surface area contributed by atoms with Crippen LogP contribution in [-0.4, -0.2) is 35.0 Å². The fourth-order valence-corrected chi connectivity index (χ4v) is 4.89. The molecule has 2 heterocycles. The number of nitrogens with zero attached hydrogens (tertiary/aromatic N) is 2. The normalized spacial score (nSPS) is 15.5. The van der Waals surface area contributed by atoms with Crippen LogP contribution >= 0.6 is 23.1 Å². The van der Waals surface area contributed by atoms with Gasteiger partial charge in [-0.05, 0) is 36.4 Å². The highest BCUT2D eigenvalue weighted by molar-refractivity contribution is 7.99. The lowest BCUT2D eigenvalue weighted by Gasteiger charge is -2.16. The van der Waals surface area contributed by atoms with E-state index in [1.807, 2.05) is 35.7 Å². The monoisotopic (exact) mass is 484 g/mol. The van der Waals surface area contributed by atoms with Gasteiger partial charge in [-0.3, -0.25) is 14.4 Å². The van der Waals surface area contributed by atoms with Crippen molar-refractivity contribution in [1.29, 1.82) is 0 Å². The summed E-state index contributed by atoms with van der Waals surface area (Å²) in [7, 11) is 0. The Morgan fingerprint density at radius 2 is 1.88 bits per heavy atom. The van der Waals surface area contributed by atoms with Gasteiger partial charge in [-0.1, -0.05) is 18.2 Å². The van der Waals surface area contributed by atoms with Crippen molar-refractivity contribution in [3.05, 3.63) is 71.5 Å². The van der Waals surface area contributed by atoms with Crippen molar-refractivity contribution in [3.63, 3.8) is 0 Å². The molecular formula is C23H21FN4O3S2. The number of carbonyl (C=O) groups excluding carboxylic acids is 3. The van der Waals surface area contributed by atoms with Gasteiger partial charge in [-0.15, -0.1) is 23.1 Å². The van der Waals surface area contributed by atoms with Crippen LogP contribution in [0.1, 0.15) is 12.1 Å². The van der Waals surface area contributed by atoms with E-state index in [0.717, 1.165) is 11.4 Å². The zero-order valence-electron chi connectivity index (χ0n) is 17.5. The van der Waals surface area contributed by atoms with Gasteiger partial charge >= 0.3 is 0 Å². The van der Waals surface area contributed by atoms with E-state index in [2.05, 4.69) is 15.6 Å². The van der Waals surface area contributed by atoms with Crippen LogP contribution in [0.4, 0.5) is 20.9 Å². The summed E-state index contributed by atoms with van der Waals surface area (Å²) in [5.41, 5.74) is 2.08. The molecule has 0 saturated carbocycles. The minimum absolute atomic E-state index is 0.0727. The molecule has 1 atom stereocenters. The average molecular weight is 485 g/mol. The topological polar surface area (TPSA) is 91.4 Å². The molecule has 7 nitrogen and oxygen atoms in total. The molecule has 1 aliphatic heterocycles. The van der Waals surface area contributed by atoms with E-state index in [4.69, 9.17) is 0 Å². The summed E-state index contributed by atoms with van der Waals surface area (Å²) in [6.07, 6.45) is 0.165. The van der Waals surface area contributed by atoms with Gasteiger partial charge in [0.2, 0.25) is 17.7 Å². The largest absolute Gasteiger partial charge is 0.325 e. The summed E-state index contributed by atoms with van der Waals surface area (Å²) >= 11 is 2.69. The Hall–Kier alpha value is -3.24. The van der Waals surface area contributed by atoms with Gasteiger partial charge in [-0.25, -0.2) is 9.37 Å². The highest BCUT2D eigenvalue weighted by Crippen LogP contribution is 2.27. The Labute approximate surface area is 198 Å². The lowest BCUT2D eigenvalue weighted by Crippen LogP contribution is -2.28. The third-order valence-corrected chi connectivity index (χ3v) is 6.73. The van der Waals surface area contributed by atoms with E-state index in [9.17, 15) is 18.8 Å². The van der Waals surface area contributed by atoms with Crippen molar-refractivity contribution >= 4 is 57.3 Å². The second-order valence-corrected chi connectivity index (χ2v) is 9.27. The average Bonchev–Trinajstić information content (AvgIpc) is 3.42. The molecule has 1 fully saturated rings. The fourth-order valence-electron chi connectivity index (χ4n) is 3.36. The molecule has 170 valence electrons. The number of carbonyl (C=O) groups is 3. The van der Waals surface area contributed by atoms with Crippen LogP contribution in [0.25, 0.3) is 0 Å². The number of hydrogen-bond donors (Lipinski definition) is 2. The van der Waals surface area contributed by atoms with Crippen molar-refractivity contribution in [2.75, 3.05) is 27.8 Å². The number of rotatable bonds is 8. The van der Waals surface area contributed by atoms with Crippen molar-refractivity contribution < 1.29 is 18.8 Å². The van der Waals surface area contributed by atoms with Gasteiger partial charge in [0.05, 0.1) is 17.4 Å². The van der Waals surface area contributed by atoms with Crippen LogP contribution in [-0.2, 0) is 20.1 Å². The number of hydrogen-bond acceptors (Lipinski definition) is 6. The van der Waals surface area contributed by atoms with Gasteiger partial charge in [0.1, 0.15) is 5.82 Å². The number of amides is 3. The van der Waals surface area contributed by atoms with Gasteiger partial charge in [0.15, 0.2) is 5.13 Å². The molecule has 4 rings (SSSR count). The summed E-state index contributed by atoms with van der Waals surface area (Å²) in [5.74, 6) is -0.561. The number of thiazole rings is 1. The summed E-state index contributed by atoms with van der Waals surface area (Å²) < 4.78 is 12.9. The first kappa shape index (κ1) is 22.9. The standard InChI is InChI=1S/C23H21FN4O3S2/c24-16-6-8-17(9-7-16)25-20(29)14-32-12-18-13-33-23(26-18)27-22(31)15-10-21(30)28(11-15)19-4-2-1-3-5-19/h1-9,13,15H,10-12,14H2,(H,25,29)(H,26,27,31). The lowest BCUT2D eigenvalue weighted by atomic mass is 10.1. The van der Waals surface area contributed by atoms with Crippen LogP contribution in [0, 0.1) is 11.7 Å². The fraction of sp³-hybridized carbons (Fsp3) is 0.217. The van der Waals surface area contributed by atoms with E-state index in [0.29, 0.717) is 23.1 Å². The molecule has 3 aromatic rings. The Balaban J connectivity index is 1.22. The first-order chi connectivity index (χ1) is 16.0. The Bertz CT molecular complexity index is 1140. The molecule has 1 aliphatic rings. The molecule has 1 saturated heterocycles. The van der Waals surface area contributed by atoms with Crippen molar-refractivity contribution in [1.82, 2.24) is 4.98 Å². The van der Waals surface area contributed by atoms with E-state index < -0.39 is 5.92 Å². The third kappa shape index (κ3) is 6.17. The number of aromatic nitrogens is 1.